The zero-order valence-electron chi connectivity index (χ0n) is 9.58. The number of nitrogens with one attached hydrogen (secondary N) is 1. The number of ether oxygens (including phenoxy) is 1. The quantitative estimate of drug-likeness (QED) is 0.917. The van der Waals surface area contributed by atoms with Gasteiger partial charge >= 0.3 is 0 Å². The molecule has 1 aromatic carbocycles. The smallest absolute Gasteiger partial charge is 0.0507 e. The van der Waals surface area contributed by atoms with Gasteiger partial charge in [-0.15, -0.1) is 0 Å². The van der Waals surface area contributed by atoms with Crippen LogP contribution in [0.2, 0.25) is 0 Å². The van der Waals surface area contributed by atoms with Crippen LogP contribution in [0.4, 0.5) is 0 Å². The van der Waals surface area contributed by atoms with Crippen molar-refractivity contribution in [1.82, 2.24) is 5.32 Å². The first-order valence-electron chi connectivity index (χ1n) is 5.83. The van der Waals surface area contributed by atoms with E-state index in [-0.39, 0.29) is 0 Å². The number of halogens is 1. The van der Waals surface area contributed by atoms with Gasteiger partial charge in [-0.2, -0.15) is 0 Å². The number of rotatable bonds is 4. The predicted octanol–water partition coefficient (Wildman–Crippen LogP) is 3.14. The minimum absolute atomic E-state index is 0.385. The van der Waals surface area contributed by atoms with Crippen LogP contribution in [-0.4, -0.2) is 19.8 Å². The lowest BCUT2D eigenvalue weighted by Crippen LogP contribution is -2.26. The molecule has 0 spiro atoms. The monoisotopic (exact) mass is 283 g/mol. The molecule has 2 nitrogen and oxygen atoms in total. The van der Waals surface area contributed by atoms with Crippen LogP contribution in [0.15, 0.2) is 28.7 Å². The van der Waals surface area contributed by atoms with Gasteiger partial charge in [-0.1, -0.05) is 34.1 Å². The van der Waals surface area contributed by atoms with Gasteiger partial charge in [-0.05, 0) is 30.9 Å². The van der Waals surface area contributed by atoms with Crippen molar-refractivity contribution >= 4 is 15.9 Å². The van der Waals surface area contributed by atoms with E-state index in [1.165, 1.54) is 16.5 Å². The summed E-state index contributed by atoms with van der Waals surface area (Å²) in [5.74, 6) is 0.685. The summed E-state index contributed by atoms with van der Waals surface area (Å²) in [6, 6.07) is 8.76. The summed E-state index contributed by atoms with van der Waals surface area (Å²) in [6.45, 7) is 5.09. The first-order valence-corrected chi connectivity index (χ1v) is 6.62. The van der Waals surface area contributed by atoms with Crippen molar-refractivity contribution in [2.75, 3.05) is 19.8 Å². The number of hydrogen-bond donors (Lipinski definition) is 1. The Morgan fingerprint density at radius 3 is 3.00 bits per heavy atom. The molecule has 1 heterocycles. The highest BCUT2D eigenvalue weighted by Crippen LogP contribution is 2.23. The molecule has 0 aromatic heterocycles. The van der Waals surface area contributed by atoms with Crippen LogP contribution in [0.25, 0.3) is 0 Å². The topological polar surface area (TPSA) is 21.3 Å². The van der Waals surface area contributed by atoms with E-state index in [0.717, 1.165) is 19.8 Å². The van der Waals surface area contributed by atoms with Crippen LogP contribution in [-0.2, 0) is 4.74 Å². The Labute approximate surface area is 106 Å². The minimum Gasteiger partial charge on any atom is -0.381 e. The van der Waals surface area contributed by atoms with Crippen molar-refractivity contribution in [2.24, 2.45) is 5.92 Å². The van der Waals surface area contributed by atoms with Gasteiger partial charge in [-0.25, -0.2) is 0 Å². The summed E-state index contributed by atoms with van der Waals surface area (Å²) in [5.41, 5.74) is 1.32. The predicted molar refractivity (Wildman–Crippen MR) is 69.5 cm³/mol. The standard InChI is InChI=1S/C13H18BrNO/c1-10(12-4-2-3-5-13(12)14)15-8-11-6-7-16-9-11/h2-5,10-11,15H,6-9H2,1H3/t10-,11?/m0/s1. The zero-order valence-corrected chi connectivity index (χ0v) is 11.2. The van der Waals surface area contributed by atoms with Crippen LogP contribution in [0.1, 0.15) is 24.9 Å². The Hall–Kier alpha value is -0.380. The lowest BCUT2D eigenvalue weighted by molar-refractivity contribution is 0.184. The molecule has 2 atom stereocenters. The molecule has 1 unspecified atom stereocenters. The fourth-order valence-corrected chi connectivity index (χ4v) is 2.65. The van der Waals surface area contributed by atoms with Crippen LogP contribution in [0, 0.1) is 5.92 Å². The van der Waals surface area contributed by atoms with Gasteiger partial charge in [0.25, 0.3) is 0 Å². The first-order chi connectivity index (χ1) is 7.77. The van der Waals surface area contributed by atoms with Gasteiger partial charge in [0.05, 0.1) is 6.61 Å². The molecule has 0 radical (unpaired) electrons. The second-order valence-electron chi connectivity index (χ2n) is 4.38. The molecule has 1 fully saturated rings. The van der Waals surface area contributed by atoms with Gasteiger partial charge in [0, 0.05) is 23.7 Å². The highest BCUT2D eigenvalue weighted by atomic mass is 79.9. The zero-order chi connectivity index (χ0) is 11.4. The van der Waals surface area contributed by atoms with Crippen LogP contribution >= 0.6 is 15.9 Å². The van der Waals surface area contributed by atoms with E-state index >= 15 is 0 Å². The first kappa shape index (κ1) is 12.1. The van der Waals surface area contributed by atoms with Crippen molar-refractivity contribution in [3.8, 4) is 0 Å². The molecule has 3 heteroatoms. The molecule has 16 heavy (non-hydrogen) atoms. The summed E-state index contributed by atoms with van der Waals surface area (Å²) in [4.78, 5) is 0. The molecule has 88 valence electrons. The molecule has 1 aromatic rings. The van der Waals surface area contributed by atoms with Gasteiger partial charge in [0.2, 0.25) is 0 Å². The SMILES string of the molecule is C[C@H](NCC1CCOC1)c1ccccc1Br. The molecule has 0 aliphatic carbocycles. The summed E-state index contributed by atoms with van der Waals surface area (Å²) in [6.07, 6.45) is 1.19. The summed E-state index contributed by atoms with van der Waals surface area (Å²) >= 11 is 3.59. The van der Waals surface area contributed by atoms with Crippen molar-refractivity contribution in [3.63, 3.8) is 0 Å². The van der Waals surface area contributed by atoms with Crippen molar-refractivity contribution in [3.05, 3.63) is 34.3 Å². The number of benzene rings is 1. The van der Waals surface area contributed by atoms with E-state index in [0.29, 0.717) is 12.0 Å². The maximum atomic E-state index is 5.37. The second-order valence-corrected chi connectivity index (χ2v) is 5.24. The average molecular weight is 284 g/mol. The Bertz CT molecular complexity index is 336. The van der Waals surface area contributed by atoms with Gasteiger partial charge in [-0.3, -0.25) is 0 Å². The maximum absolute atomic E-state index is 5.37. The summed E-state index contributed by atoms with van der Waals surface area (Å²) < 4.78 is 6.55. The lowest BCUT2D eigenvalue weighted by atomic mass is 10.1. The van der Waals surface area contributed by atoms with Gasteiger partial charge in [0.15, 0.2) is 0 Å². The Morgan fingerprint density at radius 2 is 2.31 bits per heavy atom. The maximum Gasteiger partial charge on any atom is 0.0507 e. The fourth-order valence-electron chi connectivity index (χ4n) is 2.02. The third kappa shape index (κ3) is 3.06. The van der Waals surface area contributed by atoms with Crippen LogP contribution < -0.4 is 5.32 Å². The Morgan fingerprint density at radius 1 is 1.50 bits per heavy atom. The third-order valence-corrected chi connectivity index (χ3v) is 3.83. The average Bonchev–Trinajstić information content (AvgIpc) is 2.79. The van der Waals surface area contributed by atoms with Crippen molar-refractivity contribution in [1.29, 1.82) is 0 Å². The molecule has 1 saturated heterocycles. The molecule has 0 amide bonds. The van der Waals surface area contributed by atoms with E-state index in [1.807, 2.05) is 6.07 Å². The molecule has 0 bridgehead atoms. The highest BCUT2D eigenvalue weighted by Gasteiger charge is 2.17. The highest BCUT2D eigenvalue weighted by molar-refractivity contribution is 9.10. The van der Waals surface area contributed by atoms with E-state index in [1.54, 1.807) is 0 Å². The van der Waals surface area contributed by atoms with Crippen molar-refractivity contribution in [2.45, 2.75) is 19.4 Å². The normalized spacial score (nSPS) is 22.2. The molecule has 1 aliphatic rings. The summed E-state index contributed by atoms with van der Waals surface area (Å²) in [7, 11) is 0. The van der Waals surface area contributed by atoms with Gasteiger partial charge in [0.1, 0.15) is 0 Å². The third-order valence-electron chi connectivity index (χ3n) is 3.11. The summed E-state index contributed by atoms with van der Waals surface area (Å²) in [5, 5.41) is 3.57. The molecule has 1 N–H and O–H groups in total. The molecule has 0 saturated carbocycles. The fraction of sp³-hybridized carbons (Fsp3) is 0.538. The molecule has 1 aliphatic heterocycles. The molecule has 2 rings (SSSR count). The molecular formula is C13H18BrNO. The second kappa shape index (κ2) is 5.80. The van der Waals surface area contributed by atoms with E-state index in [2.05, 4.69) is 46.4 Å². The van der Waals surface area contributed by atoms with E-state index in [4.69, 9.17) is 4.74 Å². The van der Waals surface area contributed by atoms with Crippen LogP contribution in [0.5, 0.6) is 0 Å². The van der Waals surface area contributed by atoms with E-state index < -0.39 is 0 Å². The van der Waals surface area contributed by atoms with Crippen LogP contribution in [0.3, 0.4) is 0 Å². The largest absolute Gasteiger partial charge is 0.381 e. The molecular weight excluding hydrogens is 266 g/mol. The van der Waals surface area contributed by atoms with Gasteiger partial charge < -0.3 is 10.1 Å². The lowest BCUT2D eigenvalue weighted by Gasteiger charge is -2.17. The van der Waals surface area contributed by atoms with E-state index in [9.17, 15) is 0 Å². The van der Waals surface area contributed by atoms with Crippen molar-refractivity contribution < 1.29 is 4.74 Å². The minimum atomic E-state index is 0.385. The Balaban J connectivity index is 1.87. The Kier molecular flexibility index (Phi) is 4.38. The number of hydrogen-bond acceptors (Lipinski definition) is 2.